The number of nitrogens with zero attached hydrogens (tertiary/aromatic N) is 1. The Balaban J connectivity index is 2.23. The lowest BCUT2D eigenvalue weighted by Crippen LogP contribution is -1.82. The summed E-state index contributed by atoms with van der Waals surface area (Å²) in [5.74, 6) is 1.53. The normalized spacial score (nSPS) is 10.6. The minimum atomic E-state index is 0.704. The Kier molecular flexibility index (Phi) is 3.40. The van der Waals surface area contributed by atoms with E-state index in [2.05, 4.69) is 11.7 Å². The third-order valence-electron chi connectivity index (χ3n) is 2.31. The number of hydrogen-bond acceptors (Lipinski definition) is 3. The van der Waals surface area contributed by atoms with E-state index in [9.17, 15) is 0 Å². The Bertz CT molecular complexity index is 523. The monoisotopic (exact) mass is 227 g/mol. The van der Waals surface area contributed by atoms with Gasteiger partial charge < -0.3 is 9.26 Å². The lowest BCUT2D eigenvalue weighted by atomic mass is 10.1. The number of aromatic nitrogens is 1. The molecule has 1 aromatic heterocycles. The molecule has 0 atom stereocenters. The number of ether oxygens (including phenoxy) is 1. The second-order valence-electron chi connectivity index (χ2n) is 3.44. The lowest BCUT2D eigenvalue weighted by molar-refractivity contribution is 0.413. The maximum atomic E-state index is 5.16. The van der Waals surface area contributed by atoms with Crippen molar-refractivity contribution >= 4 is 6.08 Å². The maximum absolute atomic E-state index is 5.16. The zero-order valence-corrected chi connectivity index (χ0v) is 9.59. The summed E-state index contributed by atoms with van der Waals surface area (Å²) < 4.78 is 10.3. The van der Waals surface area contributed by atoms with E-state index < -0.39 is 0 Å². The topological polar surface area (TPSA) is 35.3 Å². The highest BCUT2D eigenvalue weighted by Gasteiger charge is 2.04. The van der Waals surface area contributed by atoms with Gasteiger partial charge in [0.15, 0.2) is 5.76 Å². The van der Waals surface area contributed by atoms with E-state index in [0.29, 0.717) is 5.76 Å². The molecule has 17 heavy (non-hydrogen) atoms. The summed E-state index contributed by atoms with van der Waals surface area (Å²) in [7, 11) is 1.64. The van der Waals surface area contributed by atoms with Crippen molar-refractivity contribution in [2.24, 2.45) is 0 Å². The molecule has 86 valence electrons. The molecule has 1 heterocycles. The van der Waals surface area contributed by atoms with Gasteiger partial charge in [-0.05, 0) is 30.3 Å². The molecule has 1 aromatic carbocycles. The van der Waals surface area contributed by atoms with Gasteiger partial charge in [0.05, 0.1) is 7.11 Å². The molecule has 0 bridgehead atoms. The summed E-state index contributed by atoms with van der Waals surface area (Å²) in [5.41, 5.74) is 1.80. The third kappa shape index (κ3) is 2.64. The van der Waals surface area contributed by atoms with Crippen LogP contribution < -0.4 is 4.74 Å². The van der Waals surface area contributed by atoms with E-state index in [4.69, 9.17) is 9.26 Å². The molecule has 0 spiro atoms. The van der Waals surface area contributed by atoms with Crippen LogP contribution in [0.25, 0.3) is 17.3 Å². The molecule has 0 aliphatic carbocycles. The van der Waals surface area contributed by atoms with Crippen LogP contribution in [0.2, 0.25) is 0 Å². The Morgan fingerprint density at radius 1 is 1.29 bits per heavy atom. The average Bonchev–Trinajstić information content (AvgIpc) is 2.85. The van der Waals surface area contributed by atoms with Crippen molar-refractivity contribution in [2.75, 3.05) is 7.11 Å². The van der Waals surface area contributed by atoms with Crippen molar-refractivity contribution in [3.05, 3.63) is 54.8 Å². The highest BCUT2D eigenvalue weighted by molar-refractivity contribution is 5.62. The summed E-state index contributed by atoms with van der Waals surface area (Å²) in [4.78, 5) is 0. The van der Waals surface area contributed by atoms with E-state index >= 15 is 0 Å². The number of hydrogen-bond donors (Lipinski definition) is 0. The van der Waals surface area contributed by atoms with Crippen molar-refractivity contribution < 1.29 is 9.26 Å². The predicted octanol–water partition coefficient (Wildman–Crippen LogP) is 3.55. The maximum Gasteiger partial charge on any atom is 0.160 e. The Hall–Kier alpha value is -2.29. The summed E-state index contributed by atoms with van der Waals surface area (Å²) in [6.45, 7) is 3.60. The Morgan fingerprint density at radius 3 is 2.71 bits per heavy atom. The van der Waals surface area contributed by atoms with Crippen molar-refractivity contribution in [1.29, 1.82) is 0 Å². The van der Waals surface area contributed by atoms with Gasteiger partial charge in [0.25, 0.3) is 0 Å². The molecular formula is C14H13NO2. The molecule has 0 fully saturated rings. The SMILES string of the molecule is C=CC=Cc1cc(-c2ccc(OC)cc2)no1. The van der Waals surface area contributed by atoms with Gasteiger partial charge in [-0.1, -0.05) is 23.9 Å². The fourth-order valence-electron chi connectivity index (χ4n) is 1.43. The molecule has 2 rings (SSSR count). The Morgan fingerprint density at radius 2 is 2.06 bits per heavy atom. The fraction of sp³-hybridized carbons (Fsp3) is 0.0714. The van der Waals surface area contributed by atoms with Crippen LogP contribution in [-0.2, 0) is 0 Å². The first kappa shape index (κ1) is 11.2. The van der Waals surface area contributed by atoms with Gasteiger partial charge in [-0.25, -0.2) is 0 Å². The van der Waals surface area contributed by atoms with Crippen molar-refractivity contribution in [3.63, 3.8) is 0 Å². The number of allylic oxidation sites excluding steroid dienone is 2. The van der Waals surface area contributed by atoms with Crippen molar-refractivity contribution in [3.8, 4) is 17.0 Å². The number of rotatable bonds is 4. The second-order valence-corrected chi connectivity index (χ2v) is 3.44. The van der Waals surface area contributed by atoms with Crippen LogP contribution >= 0.6 is 0 Å². The van der Waals surface area contributed by atoms with Crippen LogP contribution in [0, 0.1) is 0 Å². The molecule has 0 saturated carbocycles. The van der Waals surface area contributed by atoms with E-state index in [-0.39, 0.29) is 0 Å². The smallest absolute Gasteiger partial charge is 0.160 e. The average molecular weight is 227 g/mol. The standard InChI is InChI=1S/C14H13NO2/c1-3-4-5-13-10-14(15-17-13)11-6-8-12(16-2)9-7-11/h3-10H,1H2,2H3. The Labute approximate surface area is 100 Å². The highest BCUT2D eigenvalue weighted by atomic mass is 16.5. The van der Waals surface area contributed by atoms with E-state index in [0.717, 1.165) is 17.0 Å². The number of benzene rings is 1. The van der Waals surface area contributed by atoms with Crippen molar-refractivity contribution in [1.82, 2.24) is 5.16 Å². The third-order valence-corrected chi connectivity index (χ3v) is 2.31. The van der Waals surface area contributed by atoms with Gasteiger partial charge in [0.2, 0.25) is 0 Å². The van der Waals surface area contributed by atoms with Crippen molar-refractivity contribution in [2.45, 2.75) is 0 Å². The molecule has 3 heteroatoms. The van der Waals surface area contributed by atoms with E-state index in [1.807, 2.05) is 36.4 Å². The summed E-state index contributed by atoms with van der Waals surface area (Å²) in [5, 5.41) is 3.99. The van der Waals surface area contributed by atoms with Gasteiger partial charge >= 0.3 is 0 Å². The molecule has 0 unspecified atom stereocenters. The molecule has 3 nitrogen and oxygen atoms in total. The van der Waals surface area contributed by atoms with Gasteiger partial charge in [0, 0.05) is 11.6 Å². The quantitative estimate of drug-likeness (QED) is 0.749. The molecule has 0 aliphatic rings. The van der Waals surface area contributed by atoms with Gasteiger partial charge in [-0.2, -0.15) is 0 Å². The van der Waals surface area contributed by atoms with Crippen LogP contribution in [0.3, 0.4) is 0 Å². The van der Waals surface area contributed by atoms with Crippen LogP contribution in [-0.4, -0.2) is 12.3 Å². The summed E-state index contributed by atoms with van der Waals surface area (Å²) in [6.07, 6.45) is 5.31. The zero-order chi connectivity index (χ0) is 12.1. The summed E-state index contributed by atoms with van der Waals surface area (Å²) in [6, 6.07) is 9.55. The molecule has 0 saturated heterocycles. The predicted molar refractivity (Wildman–Crippen MR) is 67.7 cm³/mol. The second kappa shape index (κ2) is 5.16. The first-order valence-electron chi connectivity index (χ1n) is 5.23. The first-order chi connectivity index (χ1) is 8.33. The zero-order valence-electron chi connectivity index (χ0n) is 9.59. The van der Waals surface area contributed by atoms with Crippen LogP contribution in [0.1, 0.15) is 5.76 Å². The fourth-order valence-corrected chi connectivity index (χ4v) is 1.43. The number of methoxy groups -OCH3 is 1. The molecule has 0 amide bonds. The molecule has 2 aromatic rings. The van der Waals surface area contributed by atoms with Gasteiger partial charge in [-0.15, -0.1) is 0 Å². The molecule has 0 aliphatic heterocycles. The minimum Gasteiger partial charge on any atom is -0.497 e. The largest absolute Gasteiger partial charge is 0.497 e. The van der Waals surface area contributed by atoms with Crippen LogP contribution in [0.5, 0.6) is 5.75 Å². The minimum absolute atomic E-state index is 0.704. The molecule has 0 N–H and O–H groups in total. The highest BCUT2D eigenvalue weighted by Crippen LogP contribution is 2.22. The molecular weight excluding hydrogens is 214 g/mol. The lowest BCUT2D eigenvalue weighted by Gasteiger charge is -1.99. The first-order valence-corrected chi connectivity index (χ1v) is 5.23. The van der Waals surface area contributed by atoms with Crippen LogP contribution in [0.4, 0.5) is 0 Å². The molecule has 0 radical (unpaired) electrons. The van der Waals surface area contributed by atoms with Crippen LogP contribution in [0.15, 0.2) is 53.6 Å². The summed E-state index contributed by atoms with van der Waals surface area (Å²) >= 11 is 0. The van der Waals surface area contributed by atoms with E-state index in [1.54, 1.807) is 19.3 Å². The van der Waals surface area contributed by atoms with E-state index in [1.165, 1.54) is 0 Å². The van der Waals surface area contributed by atoms with Gasteiger partial charge in [-0.3, -0.25) is 0 Å². The van der Waals surface area contributed by atoms with Gasteiger partial charge in [0.1, 0.15) is 11.4 Å².